The van der Waals surface area contributed by atoms with Gasteiger partial charge in [-0.25, -0.2) is 0 Å². The minimum atomic E-state index is -0.0301. The Labute approximate surface area is 92.3 Å². The second-order valence-corrected chi connectivity index (χ2v) is 7.43. The fourth-order valence-corrected chi connectivity index (χ4v) is 2.95. The van der Waals surface area contributed by atoms with E-state index in [0.717, 1.165) is 5.76 Å². The maximum Gasteiger partial charge on any atom is 0.110 e. The lowest BCUT2D eigenvalue weighted by Crippen LogP contribution is -2.27. The van der Waals surface area contributed by atoms with Crippen LogP contribution in [0.5, 0.6) is 0 Å². The fourth-order valence-electron chi connectivity index (χ4n) is 1.64. The molecule has 0 aliphatic carbocycles. The highest BCUT2D eigenvalue weighted by Gasteiger charge is 2.39. The first kappa shape index (κ1) is 12.0. The van der Waals surface area contributed by atoms with E-state index >= 15 is 0 Å². The second kappa shape index (κ2) is 3.48. The fraction of sp³-hybridized carbons (Fsp3) is 0.833. The number of thioether (sulfide) groups is 1. The van der Waals surface area contributed by atoms with Crippen LogP contribution in [0.15, 0.2) is 10.7 Å². The van der Waals surface area contributed by atoms with Crippen LogP contribution in [0, 0.1) is 5.92 Å². The number of ether oxygens (including phenoxy) is 1. The van der Waals surface area contributed by atoms with Crippen molar-refractivity contribution in [1.82, 2.24) is 0 Å². The van der Waals surface area contributed by atoms with E-state index in [1.54, 1.807) is 0 Å². The van der Waals surface area contributed by atoms with Crippen molar-refractivity contribution in [3.05, 3.63) is 10.7 Å². The van der Waals surface area contributed by atoms with Crippen LogP contribution < -0.4 is 0 Å². The van der Waals surface area contributed by atoms with Crippen molar-refractivity contribution in [1.29, 1.82) is 0 Å². The topological polar surface area (TPSA) is 9.23 Å². The smallest absolute Gasteiger partial charge is 0.110 e. The van der Waals surface area contributed by atoms with E-state index in [-0.39, 0.29) is 10.3 Å². The van der Waals surface area contributed by atoms with Crippen molar-refractivity contribution in [3.8, 4) is 0 Å². The van der Waals surface area contributed by atoms with Gasteiger partial charge >= 0.3 is 0 Å². The molecule has 1 heterocycles. The third kappa shape index (κ3) is 2.47. The van der Waals surface area contributed by atoms with Gasteiger partial charge in [0.25, 0.3) is 0 Å². The monoisotopic (exact) mass is 214 g/mol. The van der Waals surface area contributed by atoms with Crippen LogP contribution in [0.4, 0.5) is 0 Å². The first-order valence-electron chi connectivity index (χ1n) is 5.22. The lowest BCUT2D eigenvalue weighted by Gasteiger charge is -2.26. The normalized spacial score (nSPS) is 26.6. The summed E-state index contributed by atoms with van der Waals surface area (Å²) in [6, 6.07) is 0. The van der Waals surface area contributed by atoms with Crippen molar-refractivity contribution >= 4 is 11.8 Å². The molecule has 1 atom stereocenters. The molecule has 1 aliphatic heterocycles. The van der Waals surface area contributed by atoms with Crippen LogP contribution in [-0.2, 0) is 4.74 Å². The van der Waals surface area contributed by atoms with E-state index in [0.29, 0.717) is 5.92 Å². The van der Waals surface area contributed by atoms with Gasteiger partial charge in [-0.15, -0.1) is 11.8 Å². The molecule has 2 heteroatoms. The van der Waals surface area contributed by atoms with Gasteiger partial charge in [0.1, 0.15) is 11.4 Å². The molecule has 1 nitrogen and oxygen atoms in total. The van der Waals surface area contributed by atoms with Crippen LogP contribution in [0.1, 0.15) is 48.5 Å². The van der Waals surface area contributed by atoms with Gasteiger partial charge in [0.05, 0.1) is 0 Å². The molecule has 82 valence electrons. The first-order chi connectivity index (χ1) is 6.13. The van der Waals surface area contributed by atoms with Crippen LogP contribution in [-0.4, -0.2) is 10.3 Å². The third-order valence-electron chi connectivity index (χ3n) is 2.62. The Balaban J connectivity index is 2.84. The van der Waals surface area contributed by atoms with Gasteiger partial charge in [-0.1, -0.05) is 27.7 Å². The molecule has 1 rings (SSSR count). The summed E-state index contributed by atoms with van der Waals surface area (Å²) in [5, 5.41) is 0. The van der Waals surface area contributed by atoms with E-state index in [2.05, 4.69) is 48.5 Å². The molecule has 0 aromatic rings. The summed E-state index contributed by atoms with van der Waals surface area (Å²) >= 11 is 1.94. The molecule has 1 aliphatic rings. The first-order valence-corrected chi connectivity index (χ1v) is 6.04. The summed E-state index contributed by atoms with van der Waals surface area (Å²) in [6.07, 6.45) is 0. The van der Waals surface area contributed by atoms with E-state index < -0.39 is 0 Å². The molecule has 1 unspecified atom stereocenters. The maximum absolute atomic E-state index is 5.88. The Morgan fingerprint density at radius 2 is 1.79 bits per heavy atom. The molecule has 0 aromatic heterocycles. The van der Waals surface area contributed by atoms with E-state index in [1.807, 2.05) is 11.8 Å². The van der Waals surface area contributed by atoms with E-state index in [4.69, 9.17) is 4.74 Å². The van der Waals surface area contributed by atoms with Gasteiger partial charge in [0.2, 0.25) is 0 Å². The van der Waals surface area contributed by atoms with Gasteiger partial charge < -0.3 is 4.74 Å². The Morgan fingerprint density at radius 3 is 2.07 bits per heavy atom. The van der Waals surface area contributed by atoms with Crippen molar-refractivity contribution in [2.24, 2.45) is 5.92 Å². The summed E-state index contributed by atoms with van der Waals surface area (Å²) in [7, 11) is 0. The zero-order valence-corrected chi connectivity index (χ0v) is 11.2. The quantitative estimate of drug-likeness (QED) is 0.647. The SMILES string of the molecule is CC1=C(SC(C)(C)C)C(C)C(C)(C)O1. The number of allylic oxidation sites excluding steroid dienone is 1. The van der Waals surface area contributed by atoms with Gasteiger partial charge in [-0.2, -0.15) is 0 Å². The Bertz CT molecular complexity index is 258. The van der Waals surface area contributed by atoms with Crippen LogP contribution in [0.25, 0.3) is 0 Å². The number of hydrogen-bond acceptors (Lipinski definition) is 2. The van der Waals surface area contributed by atoms with E-state index in [9.17, 15) is 0 Å². The molecule has 0 radical (unpaired) electrons. The highest BCUT2D eigenvalue weighted by atomic mass is 32.2. The standard InChI is InChI=1S/C12H22OS/c1-8-10(14-11(3,4)5)9(2)13-12(8,6)7/h8H,1-7H3. The lowest BCUT2D eigenvalue weighted by molar-refractivity contribution is 0.0337. The predicted octanol–water partition coefficient (Wildman–Crippen LogP) is 4.19. The minimum Gasteiger partial charge on any atom is -0.491 e. The summed E-state index contributed by atoms with van der Waals surface area (Å²) < 4.78 is 6.15. The maximum atomic E-state index is 5.88. The second-order valence-electron chi connectivity index (χ2n) is 5.56. The van der Waals surface area contributed by atoms with Crippen LogP contribution in [0.3, 0.4) is 0 Å². The molecule has 14 heavy (non-hydrogen) atoms. The molecule has 0 bridgehead atoms. The summed E-state index contributed by atoms with van der Waals surface area (Å²) in [5.74, 6) is 1.62. The highest BCUT2D eigenvalue weighted by molar-refractivity contribution is 8.04. The van der Waals surface area contributed by atoms with E-state index in [1.165, 1.54) is 4.91 Å². The van der Waals surface area contributed by atoms with Crippen molar-refractivity contribution in [2.75, 3.05) is 0 Å². The van der Waals surface area contributed by atoms with Crippen molar-refractivity contribution in [2.45, 2.75) is 58.8 Å². The summed E-state index contributed by atoms with van der Waals surface area (Å²) in [4.78, 5) is 1.42. The summed E-state index contributed by atoms with van der Waals surface area (Å²) in [6.45, 7) is 15.4. The number of rotatable bonds is 1. The van der Waals surface area contributed by atoms with Crippen molar-refractivity contribution in [3.63, 3.8) is 0 Å². The van der Waals surface area contributed by atoms with Gasteiger partial charge in [-0.3, -0.25) is 0 Å². The Kier molecular flexibility index (Phi) is 2.97. The average Bonchev–Trinajstić information content (AvgIpc) is 2.10. The van der Waals surface area contributed by atoms with Gasteiger partial charge in [0, 0.05) is 15.6 Å². The van der Waals surface area contributed by atoms with Crippen LogP contribution >= 0.6 is 11.8 Å². The number of hydrogen-bond donors (Lipinski definition) is 0. The molecule has 0 aromatic carbocycles. The third-order valence-corrected chi connectivity index (χ3v) is 4.09. The molecule has 0 saturated carbocycles. The molecule has 0 spiro atoms. The molecule has 0 saturated heterocycles. The van der Waals surface area contributed by atoms with Crippen molar-refractivity contribution < 1.29 is 4.74 Å². The van der Waals surface area contributed by atoms with Gasteiger partial charge in [-0.05, 0) is 20.8 Å². The largest absolute Gasteiger partial charge is 0.491 e. The Morgan fingerprint density at radius 1 is 1.29 bits per heavy atom. The summed E-state index contributed by atoms with van der Waals surface area (Å²) in [5.41, 5.74) is -0.0301. The molecular formula is C12H22OS. The molecule has 0 fully saturated rings. The zero-order valence-electron chi connectivity index (χ0n) is 10.4. The Hall–Kier alpha value is -0.110. The van der Waals surface area contributed by atoms with Gasteiger partial charge in [0.15, 0.2) is 0 Å². The van der Waals surface area contributed by atoms with Crippen LogP contribution in [0.2, 0.25) is 0 Å². The molecule has 0 N–H and O–H groups in total. The molecular weight excluding hydrogens is 192 g/mol. The molecule has 0 amide bonds. The predicted molar refractivity (Wildman–Crippen MR) is 64.4 cm³/mol. The minimum absolute atomic E-state index is 0.0301. The highest BCUT2D eigenvalue weighted by Crippen LogP contribution is 2.47. The lowest BCUT2D eigenvalue weighted by atomic mass is 9.94. The average molecular weight is 214 g/mol. The zero-order chi connectivity index (χ0) is 11.1.